The SMILES string of the molecule is O=C(Cc1cccc(Br)c1)N1C2CCC1CC(Cl)C2. The number of piperidine rings is 1. The number of amides is 1. The van der Waals surface area contributed by atoms with Crippen molar-refractivity contribution in [1.29, 1.82) is 0 Å². The first-order valence-electron chi connectivity index (χ1n) is 6.83. The van der Waals surface area contributed by atoms with Crippen molar-refractivity contribution in [2.75, 3.05) is 0 Å². The van der Waals surface area contributed by atoms with Crippen LogP contribution in [0.25, 0.3) is 0 Å². The Morgan fingerprint density at radius 1 is 1.32 bits per heavy atom. The Bertz CT molecular complexity index is 479. The molecule has 19 heavy (non-hydrogen) atoms. The number of nitrogens with zero attached hydrogens (tertiary/aromatic N) is 1. The summed E-state index contributed by atoms with van der Waals surface area (Å²) in [4.78, 5) is 14.6. The Labute approximate surface area is 127 Å². The number of rotatable bonds is 2. The van der Waals surface area contributed by atoms with Gasteiger partial charge in [0.25, 0.3) is 0 Å². The van der Waals surface area contributed by atoms with Crippen molar-refractivity contribution in [2.45, 2.75) is 49.6 Å². The average molecular weight is 343 g/mol. The lowest BCUT2D eigenvalue weighted by Gasteiger charge is -2.37. The molecule has 2 bridgehead atoms. The van der Waals surface area contributed by atoms with Crippen molar-refractivity contribution in [3.8, 4) is 0 Å². The van der Waals surface area contributed by atoms with E-state index >= 15 is 0 Å². The van der Waals surface area contributed by atoms with Crippen molar-refractivity contribution < 1.29 is 4.79 Å². The van der Waals surface area contributed by atoms with Gasteiger partial charge in [-0.2, -0.15) is 0 Å². The summed E-state index contributed by atoms with van der Waals surface area (Å²) >= 11 is 9.70. The third kappa shape index (κ3) is 2.82. The summed E-state index contributed by atoms with van der Waals surface area (Å²) < 4.78 is 1.03. The Morgan fingerprint density at radius 2 is 2.00 bits per heavy atom. The van der Waals surface area contributed by atoms with Gasteiger partial charge in [-0.25, -0.2) is 0 Å². The Morgan fingerprint density at radius 3 is 2.63 bits per heavy atom. The molecule has 102 valence electrons. The zero-order chi connectivity index (χ0) is 13.4. The number of halogens is 2. The largest absolute Gasteiger partial charge is 0.336 e. The lowest BCUT2D eigenvalue weighted by molar-refractivity contribution is -0.134. The molecule has 2 aliphatic heterocycles. The van der Waals surface area contributed by atoms with Gasteiger partial charge in [-0.1, -0.05) is 28.1 Å². The highest BCUT2D eigenvalue weighted by atomic mass is 79.9. The standard InChI is InChI=1S/C15H17BrClNO/c16-11-3-1-2-10(6-11)7-15(19)18-13-4-5-14(18)9-12(17)8-13/h1-3,6,12-14H,4-5,7-9H2. The third-order valence-corrected chi connectivity index (χ3v) is 5.06. The van der Waals surface area contributed by atoms with Crippen LogP contribution >= 0.6 is 27.5 Å². The van der Waals surface area contributed by atoms with Crippen LogP contribution in [0.1, 0.15) is 31.2 Å². The van der Waals surface area contributed by atoms with Crippen molar-refractivity contribution in [1.82, 2.24) is 4.90 Å². The molecule has 2 fully saturated rings. The molecule has 0 radical (unpaired) electrons. The van der Waals surface area contributed by atoms with Crippen LogP contribution in [0.2, 0.25) is 0 Å². The molecular formula is C15H17BrClNO. The average Bonchev–Trinajstić information content (AvgIpc) is 2.62. The van der Waals surface area contributed by atoms with Gasteiger partial charge in [0.05, 0.1) is 6.42 Å². The van der Waals surface area contributed by atoms with E-state index < -0.39 is 0 Å². The zero-order valence-corrected chi connectivity index (χ0v) is 13.0. The number of alkyl halides is 1. The van der Waals surface area contributed by atoms with Crippen LogP contribution in [0.15, 0.2) is 28.7 Å². The van der Waals surface area contributed by atoms with Crippen molar-refractivity contribution in [2.24, 2.45) is 0 Å². The topological polar surface area (TPSA) is 20.3 Å². The number of hydrogen-bond acceptors (Lipinski definition) is 1. The summed E-state index contributed by atoms with van der Waals surface area (Å²) in [5.74, 6) is 0.258. The highest BCUT2D eigenvalue weighted by molar-refractivity contribution is 9.10. The Kier molecular flexibility index (Phi) is 3.86. The maximum absolute atomic E-state index is 12.5. The molecule has 0 saturated carbocycles. The number of carbonyl (C=O) groups excluding carboxylic acids is 1. The first-order chi connectivity index (χ1) is 9.13. The molecule has 2 nitrogen and oxygen atoms in total. The van der Waals surface area contributed by atoms with Gasteiger partial charge in [0.1, 0.15) is 0 Å². The van der Waals surface area contributed by atoms with Gasteiger partial charge in [-0.15, -0.1) is 11.6 Å². The molecule has 3 rings (SSSR count). The Balaban J connectivity index is 1.71. The quantitative estimate of drug-likeness (QED) is 0.750. The minimum Gasteiger partial charge on any atom is -0.336 e. The van der Waals surface area contributed by atoms with Crippen molar-refractivity contribution >= 4 is 33.4 Å². The second-order valence-corrected chi connectivity index (χ2v) is 7.09. The summed E-state index contributed by atoms with van der Waals surface area (Å²) in [6.45, 7) is 0. The third-order valence-electron chi connectivity index (χ3n) is 4.21. The van der Waals surface area contributed by atoms with E-state index in [0.717, 1.165) is 35.7 Å². The fourth-order valence-corrected chi connectivity index (χ4v) is 4.29. The first-order valence-corrected chi connectivity index (χ1v) is 8.06. The lowest BCUT2D eigenvalue weighted by atomic mass is 10.0. The second kappa shape index (κ2) is 5.45. The van der Waals surface area contributed by atoms with Crippen molar-refractivity contribution in [3.05, 3.63) is 34.3 Å². The van der Waals surface area contributed by atoms with E-state index in [-0.39, 0.29) is 11.3 Å². The van der Waals surface area contributed by atoms with E-state index in [2.05, 4.69) is 20.8 Å². The molecule has 1 amide bonds. The lowest BCUT2D eigenvalue weighted by Crippen LogP contribution is -2.47. The number of fused-ring (bicyclic) bond motifs is 2. The smallest absolute Gasteiger partial charge is 0.227 e. The van der Waals surface area contributed by atoms with Gasteiger partial charge in [0.15, 0.2) is 0 Å². The molecular weight excluding hydrogens is 326 g/mol. The van der Waals surface area contributed by atoms with E-state index in [4.69, 9.17) is 11.6 Å². The summed E-state index contributed by atoms with van der Waals surface area (Å²) in [5, 5.41) is 0.257. The second-order valence-electron chi connectivity index (χ2n) is 5.56. The van der Waals surface area contributed by atoms with Gasteiger partial charge in [0.2, 0.25) is 5.91 Å². The molecule has 2 heterocycles. The van der Waals surface area contributed by atoms with Crippen LogP contribution in [0.5, 0.6) is 0 Å². The van der Waals surface area contributed by atoms with E-state index in [0.29, 0.717) is 18.5 Å². The molecule has 0 spiro atoms. The maximum Gasteiger partial charge on any atom is 0.227 e. The van der Waals surface area contributed by atoms with Crippen LogP contribution in [-0.2, 0) is 11.2 Å². The summed E-state index contributed by atoms with van der Waals surface area (Å²) in [6.07, 6.45) is 4.67. The molecule has 1 aromatic rings. The predicted octanol–water partition coefficient (Wildman–Crippen LogP) is 3.75. The maximum atomic E-state index is 12.5. The van der Waals surface area contributed by atoms with Crippen LogP contribution in [-0.4, -0.2) is 28.3 Å². The van der Waals surface area contributed by atoms with E-state index in [1.807, 2.05) is 24.3 Å². The number of benzene rings is 1. The molecule has 2 unspecified atom stereocenters. The van der Waals surface area contributed by atoms with Gasteiger partial charge in [-0.05, 0) is 43.4 Å². The fraction of sp³-hybridized carbons (Fsp3) is 0.533. The Hall–Kier alpha value is -0.540. The fourth-order valence-electron chi connectivity index (χ4n) is 3.43. The van der Waals surface area contributed by atoms with E-state index in [1.165, 1.54) is 0 Å². The number of carbonyl (C=O) groups is 1. The summed E-state index contributed by atoms with van der Waals surface area (Å²) in [5.41, 5.74) is 1.08. The predicted molar refractivity (Wildman–Crippen MR) is 80.4 cm³/mol. The normalized spacial score (nSPS) is 29.6. The molecule has 0 N–H and O–H groups in total. The van der Waals surface area contributed by atoms with Gasteiger partial charge < -0.3 is 4.90 Å². The van der Waals surface area contributed by atoms with Crippen molar-refractivity contribution in [3.63, 3.8) is 0 Å². The van der Waals surface area contributed by atoms with E-state index in [9.17, 15) is 4.79 Å². The monoisotopic (exact) mass is 341 g/mol. The number of hydrogen-bond donors (Lipinski definition) is 0. The van der Waals surface area contributed by atoms with Crippen LogP contribution in [0.3, 0.4) is 0 Å². The van der Waals surface area contributed by atoms with Crippen LogP contribution in [0.4, 0.5) is 0 Å². The minimum atomic E-state index is 0.257. The molecule has 1 aromatic carbocycles. The van der Waals surface area contributed by atoms with Gasteiger partial charge in [0, 0.05) is 21.9 Å². The molecule has 4 heteroatoms. The molecule has 2 atom stereocenters. The zero-order valence-electron chi connectivity index (χ0n) is 10.7. The summed E-state index contributed by atoms with van der Waals surface area (Å²) in [7, 11) is 0. The minimum absolute atomic E-state index is 0.257. The van der Waals surface area contributed by atoms with Crippen LogP contribution in [0, 0.1) is 0 Å². The molecule has 0 aromatic heterocycles. The van der Waals surface area contributed by atoms with Gasteiger partial charge in [-0.3, -0.25) is 4.79 Å². The summed E-state index contributed by atoms with van der Waals surface area (Å²) in [6, 6.07) is 8.75. The molecule has 0 aliphatic carbocycles. The van der Waals surface area contributed by atoms with Gasteiger partial charge >= 0.3 is 0 Å². The van der Waals surface area contributed by atoms with Crippen LogP contribution < -0.4 is 0 Å². The van der Waals surface area contributed by atoms with E-state index in [1.54, 1.807) is 0 Å². The highest BCUT2D eigenvalue weighted by Crippen LogP contribution is 2.38. The first kappa shape index (κ1) is 13.4. The highest BCUT2D eigenvalue weighted by Gasteiger charge is 2.42. The molecule has 2 aliphatic rings. The molecule has 2 saturated heterocycles.